The molecule has 8 rings (SSSR count). The summed E-state index contributed by atoms with van der Waals surface area (Å²) in [6.45, 7) is 12.4. The van der Waals surface area contributed by atoms with Crippen LogP contribution in [0.3, 0.4) is 0 Å². The average Bonchev–Trinajstić information content (AvgIpc) is 3.29. The monoisotopic (exact) mass is 804 g/mol. The van der Waals surface area contributed by atoms with Crippen LogP contribution in [0.15, 0.2) is 243 Å². The predicted octanol–water partition coefficient (Wildman–Crippen LogP) is 16.8. The minimum absolute atomic E-state index is 1.05. The number of anilines is 11. The Balaban J connectivity index is 1.22. The number of allylic oxidation sites excluding steroid dienone is 5. The molecule has 4 heteroatoms. The fourth-order valence-corrected chi connectivity index (χ4v) is 7.95. The van der Waals surface area contributed by atoms with Crippen LogP contribution in [0.25, 0.3) is 0 Å². The molecular weight excluding hydrogens is 753 g/mol. The maximum Gasteiger partial charge on any atom is 0.0464 e. The lowest BCUT2D eigenvalue weighted by Gasteiger charge is -2.30. The maximum atomic E-state index is 3.86. The van der Waals surface area contributed by atoms with Crippen LogP contribution in [-0.2, 0) is 0 Å². The Kier molecular flexibility index (Phi) is 12.6. The van der Waals surface area contributed by atoms with Gasteiger partial charge >= 0.3 is 0 Å². The van der Waals surface area contributed by atoms with Crippen LogP contribution in [0.5, 0.6) is 0 Å². The molecule has 62 heavy (non-hydrogen) atoms. The van der Waals surface area contributed by atoms with Crippen molar-refractivity contribution in [3.8, 4) is 0 Å². The highest BCUT2D eigenvalue weighted by Crippen LogP contribution is 2.42. The molecule has 0 aliphatic rings. The van der Waals surface area contributed by atoms with E-state index in [4.69, 9.17) is 0 Å². The summed E-state index contributed by atoms with van der Waals surface area (Å²) >= 11 is 0. The smallest absolute Gasteiger partial charge is 0.0464 e. The van der Waals surface area contributed by atoms with Gasteiger partial charge in [0.15, 0.2) is 0 Å². The molecule has 0 aliphatic heterocycles. The Morgan fingerprint density at radius 2 is 0.645 bits per heavy atom. The molecule has 0 radical (unpaired) electrons. The molecular formula is C58H52N4. The van der Waals surface area contributed by atoms with Crippen LogP contribution < -0.4 is 19.6 Å². The zero-order valence-corrected chi connectivity index (χ0v) is 35.9. The molecule has 304 valence electrons. The van der Waals surface area contributed by atoms with Crippen LogP contribution >= 0.6 is 0 Å². The minimum Gasteiger partial charge on any atom is -0.315 e. The average molecular weight is 805 g/mol. The Hall–Kier alpha value is -7.82. The summed E-state index contributed by atoms with van der Waals surface area (Å²) in [6.07, 6.45) is 7.91. The van der Waals surface area contributed by atoms with Gasteiger partial charge in [0.05, 0.1) is 0 Å². The molecule has 0 aliphatic carbocycles. The van der Waals surface area contributed by atoms with Gasteiger partial charge in [0.2, 0.25) is 0 Å². The van der Waals surface area contributed by atoms with Crippen molar-refractivity contribution < 1.29 is 0 Å². The largest absolute Gasteiger partial charge is 0.315 e. The highest BCUT2D eigenvalue weighted by molar-refractivity contribution is 5.84. The van der Waals surface area contributed by atoms with Gasteiger partial charge in [-0.2, -0.15) is 0 Å². The van der Waals surface area contributed by atoms with Gasteiger partial charge in [0.1, 0.15) is 0 Å². The Bertz CT molecular complexity index is 2660. The Morgan fingerprint density at radius 1 is 0.339 bits per heavy atom. The standard InChI is InChI=1S/C58H52N4/c1-6-7-10-21-47(5)59(56-26-15-18-44(2)41-56)50-29-31-51(32-30-50)60(52-33-37-54(38-34-52)61(48-22-11-8-12-23-48)57-27-16-19-45(3)42-57)53-35-39-55(40-36-53)62(49-24-13-9-14-25-49)58-28-17-20-46(4)43-58/h6-43H,1H2,2-5H3/b10-7-,47-21+. The van der Waals surface area contributed by atoms with E-state index < -0.39 is 0 Å². The molecule has 0 heterocycles. The molecule has 8 aromatic carbocycles. The molecule has 0 bridgehead atoms. The van der Waals surface area contributed by atoms with Crippen LogP contribution in [-0.4, -0.2) is 0 Å². The van der Waals surface area contributed by atoms with Crippen LogP contribution in [0.4, 0.5) is 62.6 Å². The van der Waals surface area contributed by atoms with Gasteiger partial charge in [-0.15, -0.1) is 0 Å². The van der Waals surface area contributed by atoms with Gasteiger partial charge < -0.3 is 19.6 Å². The molecule has 0 saturated heterocycles. The van der Waals surface area contributed by atoms with E-state index in [0.29, 0.717) is 0 Å². The van der Waals surface area contributed by atoms with E-state index in [1.807, 2.05) is 12.2 Å². The molecule has 0 N–H and O–H groups in total. The number of nitrogens with zero attached hydrogens (tertiary/aromatic N) is 4. The SMILES string of the molecule is C=C/C=C\C=C(/C)N(c1ccc(N(c2ccc(N(c3ccccc3)c3cccc(C)c3)cc2)c2ccc(N(c3ccccc3)c3cccc(C)c3)cc2)cc1)c1cccc(C)c1. The molecule has 0 amide bonds. The van der Waals surface area contributed by atoms with Gasteiger partial charge in [-0.3, -0.25) is 0 Å². The van der Waals surface area contributed by atoms with E-state index in [9.17, 15) is 0 Å². The van der Waals surface area contributed by atoms with Crippen molar-refractivity contribution in [3.05, 3.63) is 260 Å². The quantitative estimate of drug-likeness (QED) is 0.102. The second-order valence-corrected chi connectivity index (χ2v) is 15.5. The normalized spacial score (nSPS) is 11.3. The maximum absolute atomic E-state index is 3.86. The lowest BCUT2D eigenvalue weighted by Crippen LogP contribution is -2.15. The zero-order chi connectivity index (χ0) is 42.8. The molecule has 0 atom stereocenters. The first-order valence-corrected chi connectivity index (χ1v) is 21.1. The third-order valence-electron chi connectivity index (χ3n) is 10.8. The van der Waals surface area contributed by atoms with Gasteiger partial charge in [0, 0.05) is 68.3 Å². The summed E-state index contributed by atoms with van der Waals surface area (Å²) in [5.41, 5.74) is 16.6. The first kappa shape index (κ1) is 40.9. The van der Waals surface area contributed by atoms with Crippen molar-refractivity contribution >= 4 is 62.6 Å². The van der Waals surface area contributed by atoms with Crippen molar-refractivity contribution in [2.75, 3.05) is 19.6 Å². The molecule has 4 nitrogen and oxygen atoms in total. The molecule has 0 saturated carbocycles. The fourth-order valence-electron chi connectivity index (χ4n) is 7.95. The van der Waals surface area contributed by atoms with Gasteiger partial charge in [-0.05, 0) is 184 Å². The van der Waals surface area contributed by atoms with E-state index >= 15 is 0 Å². The number of rotatable bonds is 14. The molecule has 0 unspecified atom stereocenters. The van der Waals surface area contributed by atoms with Crippen molar-refractivity contribution in [3.63, 3.8) is 0 Å². The highest BCUT2D eigenvalue weighted by atomic mass is 15.2. The number of hydrogen-bond acceptors (Lipinski definition) is 4. The number of aryl methyl sites for hydroxylation is 3. The molecule has 0 fully saturated rings. The van der Waals surface area contributed by atoms with Gasteiger partial charge in [0.25, 0.3) is 0 Å². The number of hydrogen-bond donors (Lipinski definition) is 0. The Labute approximate surface area is 367 Å². The van der Waals surface area contributed by atoms with Gasteiger partial charge in [-0.1, -0.05) is 97.6 Å². The van der Waals surface area contributed by atoms with E-state index in [2.05, 4.69) is 266 Å². The van der Waals surface area contributed by atoms with Crippen LogP contribution in [0.2, 0.25) is 0 Å². The fraction of sp³-hybridized carbons (Fsp3) is 0.0690. The summed E-state index contributed by atoms with van der Waals surface area (Å²) < 4.78 is 0. The molecule has 0 spiro atoms. The molecule has 8 aromatic rings. The van der Waals surface area contributed by atoms with Crippen LogP contribution in [0.1, 0.15) is 23.6 Å². The summed E-state index contributed by atoms with van der Waals surface area (Å²) in [7, 11) is 0. The lowest BCUT2D eigenvalue weighted by molar-refractivity contribution is 1.15. The third-order valence-corrected chi connectivity index (χ3v) is 10.8. The van der Waals surface area contributed by atoms with Crippen molar-refractivity contribution in [2.24, 2.45) is 0 Å². The summed E-state index contributed by atoms with van der Waals surface area (Å²) in [5.74, 6) is 0. The topological polar surface area (TPSA) is 13.0 Å². The lowest BCUT2D eigenvalue weighted by atomic mass is 10.1. The van der Waals surface area contributed by atoms with Crippen molar-refractivity contribution in [1.29, 1.82) is 0 Å². The first-order valence-electron chi connectivity index (χ1n) is 21.1. The summed E-state index contributed by atoms with van der Waals surface area (Å²) in [5, 5.41) is 0. The number of para-hydroxylation sites is 2. The number of benzene rings is 8. The summed E-state index contributed by atoms with van der Waals surface area (Å²) in [6, 6.07) is 73.8. The zero-order valence-electron chi connectivity index (χ0n) is 35.9. The minimum atomic E-state index is 1.05. The summed E-state index contributed by atoms with van der Waals surface area (Å²) in [4.78, 5) is 9.26. The van der Waals surface area contributed by atoms with Crippen molar-refractivity contribution in [1.82, 2.24) is 0 Å². The Morgan fingerprint density at radius 3 is 1.02 bits per heavy atom. The van der Waals surface area contributed by atoms with E-state index in [1.165, 1.54) is 16.7 Å². The van der Waals surface area contributed by atoms with E-state index in [0.717, 1.165) is 68.3 Å². The second kappa shape index (κ2) is 19.1. The first-order chi connectivity index (χ1) is 30.4. The third kappa shape index (κ3) is 9.31. The van der Waals surface area contributed by atoms with Gasteiger partial charge in [-0.25, -0.2) is 0 Å². The molecule has 0 aromatic heterocycles. The second-order valence-electron chi connectivity index (χ2n) is 15.5. The van der Waals surface area contributed by atoms with Crippen LogP contribution in [0, 0.1) is 20.8 Å². The van der Waals surface area contributed by atoms with Crippen molar-refractivity contribution in [2.45, 2.75) is 27.7 Å². The van der Waals surface area contributed by atoms with E-state index in [-0.39, 0.29) is 0 Å². The van der Waals surface area contributed by atoms with E-state index in [1.54, 1.807) is 6.08 Å². The predicted molar refractivity (Wildman–Crippen MR) is 266 cm³/mol. The highest BCUT2D eigenvalue weighted by Gasteiger charge is 2.19.